The maximum atomic E-state index is 13.1. The molecule has 2 aromatic carbocycles. The maximum absolute atomic E-state index is 13.1. The van der Waals surface area contributed by atoms with Gasteiger partial charge in [-0.15, -0.1) is 0 Å². The molecule has 0 bridgehead atoms. The van der Waals surface area contributed by atoms with Crippen LogP contribution in [-0.2, 0) is 10.0 Å². The maximum Gasteiger partial charge on any atom is 0.251 e. The van der Waals surface area contributed by atoms with E-state index in [4.69, 9.17) is 9.47 Å². The van der Waals surface area contributed by atoms with Crippen molar-refractivity contribution in [3.63, 3.8) is 0 Å². The largest absolute Gasteiger partial charge is 0.493 e. The zero-order valence-corrected chi connectivity index (χ0v) is 18.6. The molecule has 1 saturated heterocycles. The van der Waals surface area contributed by atoms with E-state index in [9.17, 15) is 13.2 Å². The molecule has 8 heteroatoms. The number of hydrogen-bond donors (Lipinski definition) is 1. The van der Waals surface area contributed by atoms with E-state index in [1.54, 1.807) is 24.3 Å². The van der Waals surface area contributed by atoms with Gasteiger partial charge in [-0.25, -0.2) is 8.42 Å². The van der Waals surface area contributed by atoms with Crippen LogP contribution in [0.3, 0.4) is 0 Å². The Morgan fingerprint density at radius 2 is 1.67 bits per heavy atom. The van der Waals surface area contributed by atoms with Crippen LogP contribution in [0.25, 0.3) is 0 Å². The first-order chi connectivity index (χ1) is 14.3. The molecule has 1 N–H and O–H groups in total. The van der Waals surface area contributed by atoms with Crippen molar-refractivity contribution in [2.75, 3.05) is 27.3 Å². The number of sulfonamides is 1. The molecule has 3 rings (SSSR count). The van der Waals surface area contributed by atoms with Crippen molar-refractivity contribution in [3.05, 3.63) is 53.1 Å². The summed E-state index contributed by atoms with van der Waals surface area (Å²) in [6, 6.07) is 10.4. The highest BCUT2D eigenvalue weighted by molar-refractivity contribution is 7.89. The van der Waals surface area contributed by atoms with Gasteiger partial charge in [-0.1, -0.05) is 12.1 Å². The lowest BCUT2D eigenvalue weighted by Crippen LogP contribution is -2.46. The van der Waals surface area contributed by atoms with E-state index in [-0.39, 0.29) is 11.9 Å². The van der Waals surface area contributed by atoms with Gasteiger partial charge in [0.1, 0.15) is 0 Å². The summed E-state index contributed by atoms with van der Waals surface area (Å²) in [5.74, 6) is 0.824. The lowest BCUT2D eigenvalue weighted by molar-refractivity contribution is 0.0923. The summed E-state index contributed by atoms with van der Waals surface area (Å²) in [5, 5.41) is 3.00. The highest BCUT2D eigenvalue weighted by atomic mass is 32.2. The third kappa shape index (κ3) is 4.60. The molecule has 0 aliphatic carbocycles. The molecule has 1 amide bonds. The number of ether oxygens (including phenoxy) is 2. The Bertz CT molecular complexity index is 1030. The van der Waals surface area contributed by atoms with Gasteiger partial charge in [-0.2, -0.15) is 4.31 Å². The van der Waals surface area contributed by atoms with Gasteiger partial charge < -0.3 is 14.8 Å². The molecule has 0 aromatic heterocycles. The number of methoxy groups -OCH3 is 2. The van der Waals surface area contributed by atoms with Crippen LogP contribution in [0.5, 0.6) is 11.5 Å². The lowest BCUT2D eigenvalue weighted by atomic mass is 10.1. The van der Waals surface area contributed by atoms with Crippen LogP contribution in [0.1, 0.15) is 34.3 Å². The van der Waals surface area contributed by atoms with Crippen LogP contribution in [-0.4, -0.2) is 52.0 Å². The third-order valence-corrected chi connectivity index (χ3v) is 7.44. The fourth-order valence-electron chi connectivity index (χ4n) is 3.61. The number of amides is 1. The molecule has 1 fully saturated rings. The van der Waals surface area contributed by atoms with Crippen molar-refractivity contribution in [1.82, 2.24) is 9.62 Å². The molecule has 1 aliphatic heterocycles. The van der Waals surface area contributed by atoms with E-state index >= 15 is 0 Å². The van der Waals surface area contributed by atoms with E-state index in [0.29, 0.717) is 47.9 Å². The van der Waals surface area contributed by atoms with Crippen LogP contribution in [0.15, 0.2) is 41.3 Å². The molecule has 0 saturated carbocycles. The number of carbonyl (C=O) groups is 1. The highest BCUT2D eigenvalue weighted by Crippen LogP contribution is 2.28. The Morgan fingerprint density at radius 1 is 1.00 bits per heavy atom. The van der Waals surface area contributed by atoms with Crippen LogP contribution < -0.4 is 14.8 Å². The summed E-state index contributed by atoms with van der Waals surface area (Å²) in [4.78, 5) is 13.0. The minimum Gasteiger partial charge on any atom is -0.493 e. The second kappa shape index (κ2) is 9.06. The van der Waals surface area contributed by atoms with Crippen molar-refractivity contribution < 1.29 is 22.7 Å². The molecule has 1 aliphatic rings. The zero-order chi connectivity index (χ0) is 21.9. The first-order valence-corrected chi connectivity index (χ1v) is 11.3. The van der Waals surface area contributed by atoms with Crippen LogP contribution in [0.2, 0.25) is 0 Å². The minimum absolute atomic E-state index is 0.0874. The third-order valence-electron chi connectivity index (χ3n) is 5.40. The summed E-state index contributed by atoms with van der Waals surface area (Å²) in [7, 11) is -0.487. The molecule has 0 spiro atoms. The molecular weight excluding hydrogens is 404 g/mol. The Kier molecular flexibility index (Phi) is 6.67. The van der Waals surface area contributed by atoms with Gasteiger partial charge in [0.05, 0.1) is 19.1 Å². The van der Waals surface area contributed by atoms with Gasteiger partial charge in [0.25, 0.3) is 5.91 Å². The summed E-state index contributed by atoms with van der Waals surface area (Å²) >= 11 is 0. The standard InChI is InChI=1S/C22H28N2O5S/c1-15-5-6-16(2)21(13-15)30(26,27)24-11-9-18(10-12-24)23-22(25)17-7-8-19(28-3)20(14-17)29-4/h5-8,13-14,18H,9-12H2,1-4H3,(H,23,25). The summed E-state index contributed by atoms with van der Waals surface area (Å²) in [5.41, 5.74) is 2.12. The SMILES string of the molecule is COc1ccc(C(=O)NC2CCN(S(=O)(=O)c3cc(C)ccc3C)CC2)cc1OC. The topological polar surface area (TPSA) is 84.9 Å². The van der Waals surface area contributed by atoms with E-state index in [0.717, 1.165) is 11.1 Å². The number of nitrogens with one attached hydrogen (secondary N) is 1. The number of nitrogens with zero attached hydrogens (tertiary/aromatic N) is 1. The molecular formula is C22H28N2O5S. The summed E-state index contributed by atoms with van der Waals surface area (Å²) in [6.45, 7) is 4.43. The first-order valence-electron chi connectivity index (χ1n) is 9.86. The van der Waals surface area contributed by atoms with Gasteiger partial charge >= 0.3 is 0 Å². The fraction of sp³-hybridized carbons (Fsp3) is 0.409. The number of hydrogen-bond acceptors (Lipinski definition) is 5. The molecule has 0 atom stereocenters. The van der Waals surface area contributed by atoms with E-state index < -0.39 is 10.0 Å². The monoisotopic (exact) mass is 432 g/mol. The van der Waals surface area contributed by atoms with Crippen LogP contribution >= 0.6 is 0 Å². The van der Waals surface area contributed by atoms with Gasteiger partial charge in [-0.05, 0) is 62.1 Å². The smallest absolute Gasteiger partial charge is 0.251 e. The molecule has 0 radical (unpaired) electrons. The Hall–Kier alpha value is -2.58. The van der Waals surface area contributed by atoms with Gasteiger partial charge in [0, 0.05) is 24.7 Å². The van der Waals surface area contributed by atoms with Gasteiger partial charge in [0.2, 0.25) is 10.0 Å². The number of benzene rings is 2. The van der Waals surface area contributed by atoms with E-state index in [2.05, 4.69) is 5.32 Å². The van der Waals surface area contributed by atoms with Crippen molar-refractivity contribution in [2.45, 2.75) is 37.6 Å². The average molecular weight is 433 g/mol. The van der Waals surface area contributed by atoms with Crippen LogP contribution in [0.4, 0.5) is 0 Å². The van der Waals surface area contributed by atoms with E-state index in [1.165, 1.54) is 18.5 Å². The summed E-state index contributed by atoms with van der Waals surface area (Å²) < 4.78 is 38.1. The number of rotatable bonds is 6. The fourth-order valence-corrected chi connectivity index (χ4v) is 5.39. The zero-order valence-electron chi connectivity index (χ0n) is 17.8. The Morgan fingerprint density at radius 3 is 2.30 bits per heavy atom. The molecule has 1 heterocycles. The average Bonchev–Trinajstić information content (AvgIpc) is 2.75. The number of piperidine rings is 1. The lowest BCUT2D eigenvalue weighted by Gasteiger charge is -2.32. The van der Waals surface area contributed by atoms with Crippen molar-refractivity contribution in [3.8, 4) is 11.5 Å². The minimum atomic E-state index is -3.55. The highest BCUT2D eigenvalue weighted by Gasteiger charge is 2.31. The molecule has 0 unspecified atom stereocenters. The molecule has 162 valence electrons. The molecule has 2 aromatic rings. The van der Waals surface area contributed by atoms with Crippen molar-refractivity contribution in [1.29, 1.82) is 0 Å². The second-order valence-corrected chi connectivity index (χ2v) is 9.40. The second-order valence-electron chi connectivity index (χ2n) is 7.49. The number of aryl methyl sites for hydroxylation is 2. The molecule has 7 nitrogen and oxygen atoms in total. The van der Waals surface area contributed by atoms with E-state index in [1.807, 2.05) is 26.0 Å². The normalized spacial score (nSPS) is 15.6. The van der Waals surface area contributed by atoms with Crippen molar-refractivity contribution in [2.24, 2.45) is 0 Å². The van der Waals surface area contributed by atoms with Crippen molar-refractivity contribution >= 4 is 15.9 Å². The first kappa shape index (κ1) is 22.1. The Balaban J connectivity index is 1.64. The quantitative estimate of drug-likeness (QED) is 0.759. The predicted molar refractivity (Wildman–Crippen MR) is 115 cm³/mol. The number of carbonyl (C=O) groups excluding carboxylic acids is 1. The predicted octanol–water partition coefficient (Wildman–Crippen LogP) is 2.90. The molecule has 30 heavy (non-hydrogen) atoms. The summed E-state index contributed by atoms with van der Waals surface area (Å²) in [6.07, 6.45) is 1.12. The van der Waals surface area contributed by atoms with Gasteiger partial charge in [0.15, 0.2) is 11.5 Å². The van der Waals surface area contributed by atoms with Gasteiger partial charge in [-0.3, -0.25) is 4.79 Å². The van der Waals surface area contributed by atoms with Crippen LogP contribution in [0, 0.1) is 13.8 Å². The Labute approximate surface area is 178 Å².